The largest absolute Gasteiger partial charge is 0.359 e. The van der Waals surface area contributed by atoms with Gasteiger partial charge in [-0.25, -0.2) is 0 Å². The third-order valence-electron chi connectivity index (χ3n) is 9.46. The Bertz CT molecular complexity index is 2360. The maximum Gasteiger partial charge on any atom is 0.160 e. The van der Waals surface area contributed by atoms with Gasteiger partial charge < -0.3 is 9.88 Å². The highest BCUT2D eigenvalue weighted by molar-refractivity contribution is 6.17. The van der Waals surface area contributed by atoms with Gasteiger partial charge in [-0.05, 0) is 86.9 Å². The van der Waals surface area contributed by atoms with Gasteiger partial charge in [0.15, 0.2) is 6.29 Å². The lowest BCUT2D eigenvalue weighted by molar-refractivity contribution is 0.343. The molecule has 0 aliphatic carbocycles. The summed E-state index contributed by atoms with van der Waals surface area (Å²) in [6.07, 6.45) is 4.19. The standard InChI is InChI=1S/C44H33N3/c1-3-12-30(13-4-1)35-27-36(31-14-5-2-6-15-31)29-37(28-35)33-17-11-18-34(26-33)41-24-25-45-44(46-41)47-42-21-10-9-20-39(42)40-23-22-32-16-7-8-19-38(32)43(40)47/h1-29,41,44-46H. The van der Waals surface area contributed by atoms with Crippen LogP contribution in [0.15, 0.2) is 176 Å². The molecule has 0 saturated heterocycles. The molecule has 3 nitrogen and oxygen atoms in total. The zero-order valence-corrected chi connectivity index (χ0v) is 25.8. The molecule has 1 aliphatic rings. The van der Waals surface area contributed by atoms with Crippen LogP contribution >= 0.6 is 0 Å². The molecule has 0 fully saturated rings. The van der Waals surface area contributed by atoms with Gasteiger partial charge in [0.1, 0.15) is 0 Å². The second-order valence-corrected chi connectivity index (χ2v) is 12.3. The summed E-state index contributed by atoms with van der Waals surface area (Å²) >= 11 is 0. The Labute approximate surface area is 274 Å². The van der Waals surface area contributed by atoms with E-state index in [1.54, 1.807) is 0 Å². The number of hydrogen-bond donors (Lipinski definition) is 2. The number of hydrogen-bond acceptors (Lipinski definition) is 2. The third-order valence-corrected chi connectivity index (χ3v) is 9.46. The fourth-order valence-electron chi connectivity index (χ4n) is 7.21. The smallest absolute Gasteiger partial charge is 0.160 e. The molecule has 0 amide bonds. The lowest BCUT2D eigenvalue weighted by Gasteiger charge is -2.31. The molecule has 2 atom stereocenters. The Morgan fingerprint density at radius 1 is 0.447 bits per heavy atom. The minimum absolute atomic E-state index is 0.0262. The molecule has 2 unspecified atom stereocenters. The number of rotatable bonds is 5. The minimum Gasteiger partial charge on any atom is -0.359 e. The van der Waals surface area contributed by atoms with Gasteiger partial charge in [0.25, 0.3) is 0 Å². The van der Waals surface area contributed by atoms with Crippen molar-refractivity contribution in [3.8, 4) is 33.4 Å². The van der Waals surface area contributed by atoms with Crippen LogP contribution in [0.5, 0.6) is 0 Å². The first-order valence-electron chi connectivity index (χ1n) is 16.3. The lowest BCUT2D eigenvalue weighted by atomic mass is 9.92. The molecule has 1 aromatic heterocycles. The average Bonchev–Trinajstić information content (AvgIpc) is 3.50. The lowest BCUT2D eigenvalue weighted by Crippen LogP contribution is -2.40. The second kappa shape index (κ2) is 11.5. The van der Waals surface area contributed by atoms with Crippen LogP contribution in [0.2, 0.25) is 0 Å². The van der Waals surface area contributed by atoms with Crippen molar-refractivity contribution < 1.29 is 0 Å². The van der Waals surface area contributed by atoms with Gasteiger partial charge in [0, 0.05) is 16.2 Å². The van der Waals surface area contributed by atoms with E-state index in [1.165, 1.54) is 71.5 Å². The summed E-state index contributed by atoms with van der Waals surface area (Å²) < 4.78 is 2.43. The van der Waals surface area contributed by atoms with Crippen LogP contribution in [0.3, 0.4) is 0 Å². The molecule has 3 heteroatoms. The first kappa shape index (κ1) is 27.4. The normalized spacial score (nSPS) is 16.1. The van der Waals surface area contributed by atoms with E-state index in [0.29, 0.717) is 0 Å². The molecular formula is C44H33N3. The monoisotopic (exact) mass is 603 g/mol. The van der Waals surface area contributed by atoms with E-state index in [9.17, 15) is 0 Å². The minimum atomic E-state index is -0.132. The zero-order valence-electron chi connectivity index (χ0n) is 25.8. The summed E-state index contributed by atoms with van der Waals surface area (Å²) in [5.74, 6) is 0. The molecule has 1 aliphatic heterocycles. The molecule has 0 bridgehead atoms. The van der Waals surface area contributed by atoms with Crippen molar-refractivity contribution in [2.45, 2.75) is 12.3 Å². The number of aromatic nitrogens is 1. The maximum absolute atomic E-state index is 3.94. The average molecular weight is 604 g/mol. The van der Waals surface area contributed by atoms with Gasteiger partial charge in [-0.3, -0.25) is 5.32 Å². The quantitative estimate of drug-likeness (QED) is 0.205. The Morgan fingerprint density at radius 3 is 1.81 bits per heavy atom. The van der Waals surface area contributed by atoms with Gasteiger partial charge in [0.2, 0.25) is 0 Å². The summed E-state index contributed by atoms with van der Waals surface area (Å²) in [6.45, 7) is 0. The second-order valence-electron chi connectivity index (χ2n) is 12.3. The molecule has 224 valence electrons. The van der Waals surface area contributed by atoms with Crippen molar-refractivity contribution >= 4 is 32.6 Å². The SMILES string of the molecule is C1=CC(c2cccc(-c3cc(-c4ccccc4)cc(-c4ccccc4)c3)c2)NC(n2c3ccccc3c3ccc4ccccc4c32)N1. The highest BCUT2D eigenvalue weighted by Crippen LogP contribution is 2.38. The first-order chi connectivity index (χ1) is 23.3. The van der Waals surface area contributed by atoms with E-state index in [1.807, 2.05) is 0 Å². The van der Waals surface area contributed by atoms with E-state index >= 15 is 0 Å². The number of para-hydroxylation sites is 1. The topological polar surface area (TPSA) is 29.0 Å². The van der Waals surface area contributed by atoms with Crippen LogP contribution in [0.4, 0.5) is 0 Å². The molecule has 0 spiro atoms. The van der Waals surface area contributed by atoms with Crippen LogP contribution in [0, 0.1) is 0 Å². The van der Waals surface area contributed by atoms with E-state index in [2.05, 4.69) is 191 Å². The van der Waals surface area contributed by atoms with Gasteiger partial charge in [0.05, 0.1) is 17.1 Å². The van der Waals surface area contributed by atoms with E-state index < -0.39 is 0 Å². The van der Waals surface area contributed by atoms with Gasteiger partial charge in [-0.15, -0.1) is 0 Å². The van der Waals surface area contributed by atoms with E-state index in [-0.39, 0.29) is 12.3 Å². The Balaban J connectivity index is 1.12. The number of benzene rings is 7. The third kappa shape index (κ3) is 4.89. The van der Waals surface area contributed by atoms with Crippen LogP contribution in [0.1, 0.15) is 17.9 Å². The van der Waals surface area contributed by atoms with E-state index in [4.69, 9.17) is 0 Å². The van der Waals surface area contributed by atoms with Crippen molar-refractivity contribution in [3.63, 3.8) is 0 Å². The molecule has 8 aromatic rings. The van der Waals surface area contributed by atoms with Crippen molar-refractivity contribution in [2.75, 3.05) is 0 Å². The summed E-state index contributed by atoms with van der Waals surface area (Å²) in [5, 5.41) is 12.6. The number of nitrogens with zero attached hydrogens (tertiary/aromatic N) is 1. The fraction of sp³-hybridized carbons (Fsp3) is 0.0455. The van der Waals surface area contributed by atoms with Crippen molar-refractivity contribution in [1.29, 1.82) is 0 Å². The highest BCUT2D eigenvalue weighted by atomic mass is 15.3. The Morgan fingerprint density at radius 2 is 1.06 bits per heavy atom. The van der Waals surface area contributed by atoms with Crippen LogP contribution in [-0.4, -0.2) is 4.57 Å². The number of fused-ring (bicyclic) bond motifs is 5. The number of nitrogens with one attached hydrogen (secondary N) is 2. The fourth-order valence-corrected chi connectivity index (χ4v) is 7.21. The van der Waals surface area contributed by atoms with E-state index in [0.717, 1.165) is 0 Å². The molecule has 0 radical (unpaired) electrons. The molecule has 47 heavy (non-hydrogen) atoms. The molecule has 7 aromatic carbocycles. The first-order valence-corrected chi connectivity index (χ1v) is 16.3. The summed E-state index contributed by atoms with van der Waals surface area (Å²) in [4.78, 5) is 0. The molecular weight excluding hydrogens is 571 g/mol. The van der Waals surface area contributed by atoms with Gasteiger partial charge in [-0.1, -0.05) is 133 Å². The van der Waals surface area contributed by atoms with Gasteiger partial charge in [-0.2, -0.15) is 0 Å². The maximum atomic E-state index is 3.94. The summed E-state index contributed by atoms with van der Waals surface area (Å²) in [7, 11) is 0. The zero-order chi connectivity index (χ0) is 31.2. The molecule has 0 saturated carbocycles. The van der Waals surface area contributed by atoms with Crippen LogP contribution < -0.4 is 10.6 Å². The predicted molar refractivity (Wildman–Crippen MR) is 197 cm³/mol. The molecule has 2 N–H and O–H groups in total. The summed E-state index contributed by atoms with van der Waals surface area (Å²) in [5.41, 5.74) is 10.9. The van der Waals surface area contributed by atoms with Crippen molar-refractivity contribution in [3.05, 3.63) is 182 Å². The molecule has 9 rings (SSSR count). The van der Waals surface area contributed by atoms with Crippen LogP contribution in [-0.2, 0) is 0 Å². The van der Waals surface area contributed by atoms with Gasteiger partial charge >= 0.3 is 0 Å². The molecule has 2 heterocycles. The predicted octanol–water partition coefficient (Wildman–Crippen LogP) is 10.9. The Hall–Kier alpha value is -5.90. The highest BCUT2D eigenvalue weighted by Gasteiger charge is 2.24. The van der Waals surface area contributed by atoms with Crippen molar-refractivity contribution in [1.82, 2.24) is 15.2 Å². The van der Waals surface area contributed by atoms with Crippen molar-refractivity contribution in [2.24, 2.45) is 0 Å². The summed E-state index contributed by atoms with van der Waals surface area (Å²) in [6, 6.07) is 59.2. The Kier molecular flexibility index (Phi) is 6.69. The van der Waals surface area contributed by atoms with Crippen LogP contribution in [0.25, 0.3) is 66.0 Å².